The summed E-state index contributed by atoms with van der Waals surface area (Å²) in [5.74, 6) is -3.13. The van der Waals surface area contributed by atoms with E-state index < -0.39 is 35.6 Å². The van der Waals surface area contributed by atoms with Crippen LogP contribution in [0.25, 0.3) is 0 Å². The molecule has 2 aromatic rings. The molecule has 2 amide bonds. The maximum Gasteiger partial charge on any atom is 0.416 e. The second-order valence-corrected chi connectivity index (χ2v) is 8.28. The fourth-order valence-corrected chi connectivity index (χ4v) is 4.05. The smallest absolute Gasteiger partial charge is 0.416 e. The number of rotatable bonds is 7. The third-order valence-corrected chi connectivity index (χ3v) is 5.79. The number of carbonyl (C=O) groups excluding carboxylic acids is 3. The van der Waals surface area contributed by atoms with Crippen LogP contribution < -0.4 is 0 Å². The van der Waals surface area contributed by atoms with Gasteiger partial charge in [0.15, 0.2) is 16.7 Å². The van der Waals surface area contributed by atoms with Crippen LogP contribution in [0, 0.1) is 17.6 Å². The molecular weight excluding hydrogens is 412 g/mol. The summed E-state index contributed by atoms with van der Waals surface area (Å²) in [4.78, 5) is 38.1. The molecule has 0 spiro atoms. The number of nitrogens with zero attached hydrogens (tertiary/aromatic N) is 1. The molecule has 8 heteroatoms. The van der Waals surface area contributed by atoms with E-state index in [1.807, 2.05) is 30.3 Å². The van der Waals surface area contributed by atoms with E-state index in [-0.39, 0.29) is 23.9 Å². The van der Waals surface area contributed by atoms with Crippen LogP contribution in [0.2, 0.25) is 0 Å². The molecule has 1 saturated heterocycles. The summed E-state index contributed by atoms with van der Waals surface area (Å²) >= 11 is 0.953. The molecule has 30 heavy (non-hydrogen) atoms. The Morgan fingerprint density at radius 1 is 1.13 bits per heavy atom. The Kier molecular flexibility index (Phi) is 7.20. The summed E-state index contributed by atoms with van der Waals surface area (Å²) in [6, 6.07) is 12.3. The van der Waals surface area contributed by atoms with E-state index in [0.717, 1.165) is 34.4 Å². The molecule has 0 radical (unpaired) electrons. The van der Waals surface area contributed by atoms with E-state index in [4.69, 9.17) is 4.74 Å². The van der Waals surface area contributed by atoms with E-state index in [2.05, 4.69) is 0 Å². The lowest BCUT2D eigenvalue weighted by Gasteiger charge is -2.25. The Bertz CT molecular complexity index is 938. The third-order valence-electron chi connectivity index (χ3n) is 4.82. The van der Waals surface area contributed by atoms with Crippen LogP contribution in [0.1, 0.15) is 18.1 Å². The number of hydrogen-bond donors (Lipinski definition) is 0. The van der Waals surface area contributed by atoms with Crippen LogP contribution in [0.5, 0.6) is 0 Å². The normalized spacial score (nSPS) is 17.0. The molecule has 0 bridgehead atoms. The van der Waals surface area contributed by atoms with Gasteiger partial charge < -0.3 is 4.74 Å². The van der Waals surface area contributed by atoms with E-state index in [1.165, 1.54) is 13.0 Å². The highest BCUT2D eigenvalue weighted by molar-refractivity contribution is 8.13. The van der Waals surface area contributed by atoms with Crippen molar-refractivity contribution in [2.75, 3.05) is 12.4 Å². The Morgan fingerprint density at radius 2 is 1.87 bits per heavy atom. The van der Waals surface area contributed by atoms with Gasteiger partial charge in [-0.1, -0.05) is 48.2 Å². The van der Waals surface area contributed by atoms with Crippen molar-refractivity contribution in [3.05, 3.63) is 71.3 Å². The van der Waals surface area contributed by atoms with Crippen molar-refractivity contribution in [3.63, 3.8) is 0 Å². The summed E-state index contributed by atoms with van der Waals surface area (Å²) in [6.45, 7) is 1.46. The lowest BCUT2D eigenvalue weighted by molar-refractivity contribution is -0.132. The number of hydrogen-bond acceptors (Lipinski definition) is 5. The highest BCUT2D eigenvalue weighted by Crippen LogP contribution is 2.25. The Balaban J connectivity index is 1.81. The number of carbonyl (C=O) groups is 3. The number of thioether (sulfide) groups is 1. The summed E-state index contributed by atoms with van der Waals surface area (Å²) < 4.78 is 32.0. The van der Waals surface area contributed by atoms with Crippen LogP contribution in [0.15, 0.2) is 48.5 Å². The highest BCUT2D eigenvalue weighted by atomic mass is 32.2. The van der Waals surface area contributed by atoms with Crippen LogP contribution in [0.3, 0.4) is 0 Å². The molecule has 0 saturated carbocycles. The minimum absolute atomic E-state index is 0.0676. The Morgan fingerprint density at radius 3 is 2.53 bits per heavy atom. The zero-order valence-electron chi connectivity index (χ0n) is 16.3. The zero-order valence-corrected chi connectivity index (χ0v) is 17.2. The topological polar surface area (TPSA) is 63.7 Å². The van der Waals surface area contributed by atoms with E-state index in [9.17, 15) is 23.2 Å². The monoisotopic (exact) mass is 433 g/mol. The second-order valence-electron chi connectivity index (χ2n) is 7.08. The van der Waals surface area contributed by atoms with E-state index in [0.29, 0.717) is 12.0 Å². The van der Waals surface area contributed by atoms with Crippen molar-refractivity contribution in [2.24, 2.45) is 5.92 Å². The van der Waals surface area contributed by atoms with Gasteiger partial charge in [0.25, 0.3) is 0 Å². The molecule has 1 aliphatic heterocycles. The summed E-state index contributed by atoms with van der Waals surface area (Å²) in [7, 11) is 0. The molecule has 3 rings (SSSR count). The van der Waals surface area contributed by atoms with Gasteiger partial charge in [0.05, 0.1) is 12.0 Å². The van der Waals surface area contributed by atoms with Crippen molar-refractivity contribution in [2.45, 2.75) is 25.8 Å². The molecule has 1 heterocycles. The van der Waals surface area contributed by atoms with Gasteiger partial charge in [-0.2, -0.15) is 0 Å². The average molecular weight is 433 g/mol. The largest absolute Gasteiger partial charge is 0.447 e. The Hall–Kier alpha value is -2.74. The number of amides is 2. The minimum Gasteiger partial charge on any atom is -0.447 e. The van der Waals surface area contributed by atoms with Crippen molar-refractivity contribution in [3.8, 4) is 0 Å². The number of imide groups is 1. The van der Waals surface area contributed by atoms with Crippen molar-refractivity contribution in [1.82, 2.24) is 4.90 Å². The second kappa shape index (κ2) is 9.84. The maximum absolute atomic E-state index is 13.6. The fraction of sp³-hybridized carbons (Fsp3) is 0.318. The lowest BCUT2D eigenvalue weighted by Crippen LogP contribution is -2.44. The molecule has 1 fully saturated rings. The predicted molar refractivity (Wildman–Crippen MR) is 109 cm³/mol. The molecular formula is C22H21F2NO4S. The molecule has 0 aliphatic carbocycles. The minimum atomic E-state index is -1.01. The molecule has 0 unspecified atom stereocenters. The quantitative estimate of drug-likeness (QED) is 0.661. The average Bonchev–Trinajstić information content (AvgIpc) is 3.08. The van der Waals surface area contributed by atoms with Gasteiger partial charge in [0, 0.05) is 12.7 Å². The zero-order chi connectivity index (χ0) is 21.7. The number of cyclic esters (lactones) is 1. The highest BCUT2D eigenvalue weighted by Gasteiger charge is 2.40. The first-order valence-corrected chi connectivity index (χ1v) is 10.4. The van der Waals surface area contributed by atoms with E-state index >= 15 is 0 Å². The molecule has 5 nitrogen and oxygen atoms in total. The first-order chi connectivity index (χ1) is 14.3. The van der Waals surface area contributed by atoms with Gasteiger partial charge in [0.1, 0.15) is 6.61 Å². The van der Waals surface area contributed by atoms with Crippen LogP contribution in [0.4, 0.5) is 13.6 Å². The number of benzene rings is 2. The summed E-state index contributed by atoms with van der Waals surface area (Å²) in [5.41, 5.74) is 1.36. The van der Waals surface area contributed by atoms with Crippen LogP contribution >= 0.6 is 11.8 Å². The van der Waals surface area contributed by atoms with Crippen molar-refractivity contribution < 1.29 is 27.9 Å². The Labute approximate surface area is 177 Å². The maximum atomic E-state index is 13.6. The number of ether oxygens (including phenoxy) is 1. The van der Waals surface area contributed by atoms with Crippen molar-refractivity contribution >= 4 is 28.9 Å². The summed E-state index contributed by atoms with van der Waals surface area (Å²) in [6.07, 6.45) is -0.224. The third kappa shape index (κ3) is 5.44. The fourth-order valence-electron chi connectivity index (χ4n) is 3.35. The molecule has 2 aromatic carbocycles. The summed E-state index contributed by atoms with van der Waals surface area (Å²) in [5, 5.41) is -0.178. The van der Waals surface area contributed by atoms with Crippen LogP contribution in [-0.4, -0.2) is 40.4 Å². The van der Waals surface area contributed by atoms with Crippen LogP contribution in [-0.2, 0) is 27.2 Å². The molecule has 2 atom stereocenters. The molecule has 0 N–H and O–H groups in total. The van der Waals surface area contributed by atoms with Gasteiger partial charge in [-0.05, 0) is 36.1 Å². The standard InChI is InChI=1S/C22H21F2NO4S/c1-14(26)30-13-17(9-16-7-8-19(23)20(24)11-16)21(27)25-18(12-29-22(25)28)10-15-5-3-2-4-6-15/h2-8,11,17-18H,9-10,12-13H2,1H3/t17-,18+/m0/s1. The number of halogens is 2. The lowest BCUT2D eigenvalue weighted by atomic mass is 9.98. The first kappa shape index (κ1) is 22.0. The first-order valence-electron chi connectivity index (χ1n) is 9.46. The van der Waals surface area contributed by atoms with E-state index in [1.54, 1.807) is 0 Å². The molecule has 158 valence electrons. The van der Waals surface area contributed by atoms with Gasteiger partial charge in [-0.25, -0.2) is 18.5 Å². The SMILES string of the molecule is CC(=O)SC[C@H](Cc1ccc(F)c(F)c1)C(=O)N1C(=O)OC[C@H]1Cc1ccccc1. The predicted octanol–water partition coefficient (Wildman–Crippen LogP) is 3.99. The van der Waals surface area contributed by atoms with Gasteiger partial charge >= 0.3 is 6.09 Å². The van der Waals surface area contributed by atoms with Gasteiger partial charge in [0.2, 0.25) is 5.91 Å². The van der Waals surface area contributed by atoms with Gasteiger partial charge in [-0.3, -0.25) is 9.59 Å². The van der Waals surface area contributed by atoms with Crippen molar-refractivity contribution in [1.29, 1.82) is 0 Å². The molecule has 0 aromatic heterocycles. The molecule has 1 aliphatic rings. The van der Waals surface area contributed by atoms with Gasteiger partial charge in [-0.15, -0.1) is 0 Å².